The average molecular weight is 557 g/mol. The van der Waals surface area contributed by atoms with Gasteiger partial charge in [-0.15, -0.1) is 0 Å². The molecule has 2 aliphatic heterocycles. The van der Waals surface area contributed by atoms with Gasteiger partial charge in [-0.1, -0.05) is 72.8 Å². The van der Waals surface area contributed by atoms with Gasteiger partial charge in [0, 0.05) is 48.7 Å². The molecule has 6 nitrogen and oxygen atoms in total. The van der Waals surface area contributed by atoms with E-state index < -0.39 is 0 Å². The Morgan fingerprint density at radius 1 is 0.488 bits per heavy atom. The Balaban J connectivity index is 0.00000337. The summed E-state index contributed by atoms with van der Waals surface area (Å²) in [7, 11) is 0. The van der Waals surface area contributed by atoms with Crippen molar-refractivity contribution in [3.8, 4) is 0 Å². The maximum atomic E-state index is 5.64. The third-order valence-electron chi connectivity index (χ3n) is 7.38. The molecule has 2 aliphatic rings. The Labute approximate surface area is 265 Å². The number of hydrogen-bond donors (Lipinski definition) is 2. The van der Waals surface area contributed by atoms with Crippen LogP contribution < -0.4 is 20.4 Å². The second-order valence-electron chi connectivity index (χ2n) is 10.00. The van der Waals surface area contributed by atoms with Gasteiger partial charge in [0.25, 0.3) is 0 Å². The Morgan fingerprint density at radius 2 is 0.878 bits per heavy atom. The van der Waals surface area contributed by atoms with Gasteiger partial charge in [-0.3, -0.25) is 0 Å². The molecule has 0 radical (unpaired) electrons. The van der Waals surface area contributed by atoms with E-state index in [-0.39, 0.29) is 29.6 Å². The SMILES string of the molecule is C(=C\c1cccc(N2CCOCC2)c1Nc1ccccc1)/c1cccc(N2CCOCC2)c1Nc1ccccc1.[NaH]. The van der Waals surface area contributed by atoms with Crippen LogP contribution in [-0.4, -0.2) is 82.2 Å². The Bertz CT molecular complexity index is 1310. The molecule has 0 amide bonds. The fraction of sp³-hybridized carbons (Fsp3) is 0.235. The molecule has 2 heterocycles. The van der Waals surface area contributed by atoms with Crippen LogP contribution in [0.5, 0.6) is 0 Å². The van der Waals surface area contributed by atoms with Crippen molar-refractivity contribution in [2.45, 2.75) is 0 Å². The predicted molar refractivity (Wildman–Crippen MR) is 174 cm³/mol. The van der Waals surface area contributed by atoms with Gasteiger partial charge in [-0.25, -0.2) is 0 Å². The fourth-order valence-corrected chi connectivity index (χ4v) is 5.31. The van der Waals surface area contributed by atoms with Crippen molar-refractivity contribution in [2.75, 3.05) is 73.0 Å². The van der Waals surface area contributed by atoms with Crippen LogP contribution in [0.25, 0.3) is 12.2 Å². The zero-order valence-electron chi connectivity index (χ0n) is 22.8. The van der Waals surface area contributed by atoms with E-state index in [0.29, 0.717) is 0 Å². The predicted octanol–water partition coefficient (Wildman–Crippen LogP) is 6.37. The first-order valence-corrected chi connectivity index (χ1v) is 14.1. The Kier molecular flexibility index (Phi) is 10.4. The van der Waals surface area contributed by atoms with Gasteiger partial charge in [0.1, 0.15) is 0 Å². The minimum absolute atomic E-state index is 0. The summed E-state index contributed by atoms with van der Waals surface area (Å²) in [4.78, 5) is 4.82. The number of hydrogen-bond acceptors (Lipinski definition) is 6. The van der Waals surface area contributed by atoms with Crippen molar-refractivity contribution in [1.82, 2.24) is 0 Å². The van der Waals surface area contributed by atoms with Crippen LogP contribution in [0.4, 0.5) is 34.1 Å². The molecule has 2 fully saturated rings. The number of para-hydroxylation sites is 4. The number of nitrogens with one attached hydrogen (secondary N) is 2. The molecule has 0 aliphatic carbocycles. The summed E-state index contributed by atoms with van der Waals surface area (Å²) >= 11 is 0. The number of rotatable bonds is 8. The third kappa shape index (κ3) is 7.34. The molecule has 0 saturated carbocycles. The van der Waals surface area contributed by atoms with Crippen LogP contribution in [0.15, 0.2) is 97.1 Å². The molecule has 0 unspecified atom stereocenters. The molecular formula is C34H37N4NaO2. The molecule has 41 heavy (non-hydrogen) atoms. The summed E-state index contributed by atoms with van der Waals surface area (Å²) < 4.78 is 11.3. The van der Waals surface area contributed by atoms with Crippen LogP contribution in [-0.2, 0) is 9.47 Å². The summed E-state index contributed by atoms with van der Waals surface area (Å²) in [6, 6.07) is 33.8. The van der Waals surface area contributed by atoms with E-state index in [9.17, 15) is 0 Å². The van der Waals surface area contributed by atoms with E-state index in [1.54, 1.807) is 0 Å². The maximum absolute atomic E-state index is 5.64. The van der Waals surface area contributed by atoms with Gasteiger partial charge in [0.05, 0.1) is 49.2 Å². The second kappa shape index (κ2) is 14.6. The van der Waals surface area contributed by atoms with Gasteiger partial charge in [0.2, 0.25) is 0 Å². The molecule has 2 saturated heterocycles. The van der Waals surface area contributed by atoms with Crippen molar-refractivity contribution >= 4 is 75.8 Å². The number of benzene rings is 4. The first kappa shape index (κ1) is 29.2. The van der Waals surface area contributed by atoms with E-state index in [0.717, 1.165) is 86.5 Å². The van der Waals surface area contributed by atoms with Crippen LogP contribution in [0.3, 0.4) is 0 Å². The molecule has 4 aromatic rings. The number of morpholine rings is 2. The minimum atomic E-state index is 0. The molecule has 0 aromatic heterocycles. The van der Waals surface area contributed by atoms with E-state index in [2.05, 4.69) is 118 Å². The average Bonchev–Trinajstić information content (AvgIpc) is 3.03. The Hall–Kier alpha value is -3.26. The van der Waals surface area contributed by atoms with Crippen LogP contribution in [0, 0.1) is 0 Å². The summed E-state index contributed by atoms with van der Waals surface area (Å²) in [6.45, 7) is 6.49. The van der Waals surface area contributed by atoms with Gasteiger partial charge in [0.15, 0.2) is 0 Å². The second-order valence-corrected chi connectivity index (χ2v) is 10.00. The molecule has 7 heteroatoms. The van der Waals surface area contributed by atoms with E-state index in [1.165, 1.54) is 11.4 Å². The van der Waals surface area contributed by atoms with Crippen molar-refractivity contribution in [2.24, 2.45) is 0 Å². The number of ether oxygens (including phenoxy) is 2. The van der Waals surface area contributed by atoms with Crippen LogP contribution in [0.1, 0.15) is 11.1 Å². The number of nitrogens with zero attached hydrogens (tertiary/aromatic N) is 2. The van der Waals surface area contributed by atoms with Crippen molar-refractivity contribution in [1.29, 1.82) is 0 Å². The van der Waals surface area contributed by atoms with Gasteiger partial charge in [-0.2, -0.15) is 0 Å². The third-order valence-corrected chi connectivity index (χ3v) is 7.38. The summed E-state index contributed by atoms with van der Waals surface area (Å²) in [5.74, 6) is 0. The van der Waals surface area contributed by atoms with Crippen molar-refractivity contribution < 1.29 is 9.47 Å². The molecule has 4 aromatic carbocycles. The van der Waals surface area contributed by atoms with E-state index >= 15 is 0 Å². The summed E-state index contributed by atoms with van der Waals surface area (Å²) in [6.07, 6.45) is 4.45. The Morgan fingerprint density at radius 3 is 1.27 bits per heavy atom. The fourth-order valence-electron chi connectivity index (χ4n) is 5.31. The van der Waals surface area contributed by atoms with Crippen LogP contribution >= 0.6 is 0 Å². The molecule has 2 N–H and O–H groups in total. The van der Waals surface area contributed by atoms with Crippen molar-refractivity contribution in [3.63, 3.8) is 0 Å². The normalized spacial score (nSPS) is 15.4. The number of anilines is 6. The molecule has 0 spiro atoms. The molecule has 0 bridgehead atoms. The topological polar surface area (TPSA) is 49.0 Å². The van der Waals surface area contributed by atoms with Gasteiger partial charge >= 0.3 is 29.6 Å². The standard InChI is InChI=1S/C34H36N4O2.Na.H/c1-3-11-29(12-4-1)35-33-27(9-7-15-31(33)37-19-23-39-24-20-37)17-18-28-10-8-16-32(38-21-25-40-26-22-38)34(28)36-30-13-5-2-6-14-30;;/h1-18,35-36H,19-26H2;;/b18-17+;;. The van der Waals surface area contributed by atoms with Crippen molar-refractivity contribution in [3.05, 3.63) is 108 Å². The summed E-state index contributed by atoms with van der Waals surface area (Å²) in [5.41, 5.74) is 9.00. The summed E-state index contributed by atoms with van der Waals surface area (Å²) in [5, 5.41) is 7.44. The zero-order chi connectivity index (χ0) is 27.0. The zero-order valence-corrected chi connectivity index (χ0v) is 22.8. The monoisotopic (exact) mass is 556 g/mol. The molecular weight excluding hydrogens is 519 g/mol. The first-order chi connectivity index (χ1) is 19.8. The molecule has 0 atom stereocenters. The quantitative estimate of drug-likeness (QED) is 0.194. The van der Waals surface area contributed by atoms with E-state index in [1.807, 2.05) is 12.1 Å². The van der Waals surface area contributed by atoms with E-state index in [4.69, 9.17) is 9.47 Å². The molecule has 206 valence electrons. The van der Waals surface area contributed by atoms with Gasteiger partial charge < -0.3 is 29.9 Å². The first-order valence-electron chi connectivity index (χ1n) is 14.1. The van der Waals surface area contributed by atoms with Crippen LogP contribution in [0.2, 0.25) is 0 Å². The molecule has 6 rings (SSSR count). The van der Waals surface area contributed by atoms with Gasteiger partial charge in [-0.05, 0) is 36.4 Å².